The summed E-state index contributed by atoms with van der Waals surface area (Å²) in [6, 6.07) is 3.80. The fourth-order valence-electron chi connectivity index (χ4n) is 5.60. The first-order chi connectivity index (χ1) is 18.4. The Kier molecular flexibility index (Phi) is 9.97. The van der Waals surface area contributed by atoms with Gasteiger partial charge in [-0.05, 0) is 0 Å². The Morgan fingerprint density at radius 3 is 2.68 bits per heavy atom. The summed E-state index contributed by atoms with van der Waals surface area (Å²) >= 11 is 0.871. The molecule has 2 amide bonds. The predicted molar refractivity (Wildman–Crippen MR) is 146 cm³/mol. The van der Waals surface area contributed by atoms with Crippen molar-refractivity contribution in [1.29, 1.82) is 0 Å². The third-order valence-electron chi connectivity index (χ3n) is 7.60. The first-order valence-corrected chi connectivity index (χ1v) is 15.2. The van der Waals surface area contributed by atoms with Gasteiger partial charge in [-0.1, -0.05) is 0 Å². The Hall–Kier alpha value is -2.27. The molecule has 0 spiro atoms. The molecule has 2 radical (unpaired) electrons. The second-order valence-electron chi connectivity index (χ2n) is 9.93. The minimum atomic E-state index is -2.63. The van der Waals surface area contributed by atoms with Crippen molar-refractivity contribution in [2.75, 3.05) is 51.8 Å². The predicted octanol–water partition coefficient (Wildman–Crippen LogP) is 1.02. The van der Waals surface area contributed by atoms with Gasteiger partial charge in [0.2, 0.25) is 0 Å². The number of nitrogens with zero attached hydrogens (tertiary/aromatic N) is 2. The molecule has 1 saturated heterocycles. The number of amides is 2. The number of nitrogens with two attached hydrogens (primary N) is 1. The Labute approximate surface area is 238 Å². The van der Waals surface area contributed by atoms with Crippen molar-refractivity contribution in [2.45, 2.75) is 48.4 Å². The van der Waals surface area contributed by atoms with E-state index in [1.807, 2.05) is 11.0 Å². The van der Waals surface area contributed by atoms with Crippen LogP contribution in [0.4, 0.5) is 19.3 Å². The summed E-state index contributed by atoms with van der Waals surface area (Å²) in [4.78, 5) is 19.6. The van der Waals surface area contributed by atoms with Gasteiger partial charge in [0, 0.05) is 0 Å². The number of hydrogen-bond acceptors (Lipinski definition) is 5. The normalized spacial score (nSPS) is 20.2. The van der Waals surface area contributed by atoms with Crippen molar-refractivity contribution >= 4 is 47.9 Å². The summed E-state index contributed by atoms with van der Waals surface area (Å²) in [5.74, 6) is 0. The molecule has 1 atom stereocenters. The van der Waals surface area contributed by atoms with Gasteiger partial charge in [0.25, 0.3) is 0 Å². The number of nitrogens with one attached hydrogen (secondary N) is 3. The second kappa shape index (κ2) is 13.2. The molecule has 11 heteroatoms. The van der Waals surface area contributed by atoms with Crippen LogP contribution in [0.1, 0.15) is 48.8 Å². The fraction of sp³-hybridized carbons (Fsp3) is 0.556. The van der Waals surface area contributed by atoms with Crippen molar-refractivity contribution < 1.29 is 23.3 Å². The summed E-state index contributed by atoms with van der Waals surface area (Å²) in [5.41, 5.74) is 11.1. The van der Waals surface area contributed by atoms with Gasteiger partial charge in [-0.3, -0.25) is 0 Å². The average Bonchev–Trinajstić information content (AvgIpc) is 2.94. The molecule has 38 heavy (non-hydrogen) atoms. The summed E-state index contributed by atoms with van der Waals surface area (Å²) in [6.45, 7) is 3.46. The van der Waals surface area contributed by atoms with Gasteiger partial charge in [-0.15, -0.1) is 0 Å². The number of aryl methyl sites for hydroxylation is 1. The Balaban J connectivity index is 1.72. The van der Waals surface area contributed by atoms with E-state index in [-0.39, 0.29) is 15.4 Å². The number of alkyl halides is 2. The zero-order valence-corrected chi connectivity index (χ0v) is 25.5. The molecule has 0 aliphatic carbocycles. The van der Waals surface area contributed by atoms with E-state index in [4.69, 9.17) is 10.5 Å². The van der Waals surface area contributed by atoms with Gasteiger partial charge < -0.3 is 0 Å². The average molecular weight is 631 g/mol. The summed E-state index contributed by atoms with van der Waals surface area (Å²) < 4.78 is 34.2. The van der Waals surface area contributed by atoms with Crippen LogP contribution >= 0.6 is 0 Å². The number of fused-ring (bicyclic) bond motifs is 1. The van der Waals surface area contributed by atoms with E-state index in [9.17, 15) is 13.6 Å². The number of urea groups is 1. The fourth-order valence-corrected chi connectivity index (χ4v) is 7.36. The van der Waals surface area contributed by atoms with Crippen LogP contribution in [0.25, 0.3) is 5.57 Å². The first-order valence-electron chi connectivity index (χ1n) is 13.3. The number of carbonyl (C=O) groups is 1. The Morgan fingerprint density at radius 1 is 1.26 bits per heavy atom. The van der Waals surface area contributed by atoms with Crippen molar-refractivity contribution in [3.8, 4) is 0 Å². The van der Waals surface area contributed by atoms with Crippen LogP contribution in [0, 0.1) is 0 Å². The first kappa shape index (κ1) is 28.7. The number of hydrogen-bond donors (Lipinski definition) is 4. The number of ether oxygens (including phenoxy) is 1. The van der Waals surface area contributed by atoms with Crippen LogP contribution < -0.4 is 26.3 Å². The third kappa shape index (κ3) is 6.30. The number of benzene rings is 1. The Morgan fingerprint density at radius 2 is 2.03 bits per heavy atom. The van der Waals surface area contributed by atoms with Gasteiger partial charge in [0.15, 0.2) is 0 Å². The van der Waals surface area contributed by atoms with Crippen molar-refractivity contribution in [3.05, 3.63) is 46.3 Å². The van der Waals surface area contributed by atoms with Crippen LogP contribution in [0.5, 0.6) is 0 Å². The summed E-state index contributed by atoms with van der Waals surface area (Å²) in [6.07, 6.45) is 4.81. The Bertz CT molecular complexity index is 1100. The van der Waals surface area contributed by atoms with Gasteiger partial charge in [-0.2, -0.15) is 0 Å². The molecule has 3 aliphatic rings. The molecule has 0 aromatic heterocycles. The van der Waals surface area contributed by atoms with E-state index in [1.165, 1.54) is 17.5 Å². The van der Waals surface area contributed by atoms with Gasteiger partial charge in [-0.25, -0.2) is 0 Å². The number of rotatable bonds is 7. The van der Waals surface area contributed by atoms with Crippen molar-refractivity contribution in [3.63, 3.8) is 0 Å². The molecule has 1 aromatic rings. The monoisotopic (exact) mass is 631 g/mol. The topological polar surface area (TPSA) is 96.8 Å². The number of allylic oxidation sites excluding steroid dienone is 1. The zero-order valence-electron chi connectivity index (χ0n) is 22.2. The molecule has 204 valence electrons. The SMILES string of the molecule is CNC(=O)N1CCC(NC2CCOCC2)=C([CH]([In])N2CCCc3cc(/C(C=[NH+]C)=C/N)c(C(F)F)cc32)C1. The van der Waals surface area contributed by atoms with E-state index in [1.54, 1.807) is 26.4 Å². The second-order valence-corrected chi connectivity index (χ2v) is 11.7. The summed E-state index contributed by atoms with van der Waals surface area (Å²) in [7, 11) is 3.38. The van der Waals surface area contributed by atoms with Crippen molar-refractivity contribution in [2.24, 2.45) is 5.73 Å². The molecule has 5 N–H and O–H groups in total. The van der Waals surface area contributed by atoms with Crippen LogP contribution in [0.15, 0.2) is 29.6 Å². The summed E-state index contributed by atoms with van der Waals surface area (Å²) in [5, 5.41) is 6.54. The molecule has 1 fully saturated rings. The molecule has 8 nitrogen and oxygen atoms in total. The maximum absolute atomic E-state index is 14.3. The van der Waals surface area contributed by atoms with E-state index >= 15 is 0 Å². The molecule has 4 rings (SSSR count). The molecule has 1 unspecified atom stereocenters. The van der Waals surface area contributed by atoms with Gasteiger partial charge >= 0.3 is 239 Å². The van der Waals surface area contributed by atoms with E-state index < -0.39 is 6.43 Å². The third-order valence-corrected chi connectivity index (χ3v) is 9.78. The standard InChI is InChI=1S/C27H37F2N6O2.In/c1-31-15-19(14-30)22-12-18-4-3-8-34(25(18)13-23(22)26(28)29)16-20-17-35(27(36)32-2)9-5-24(20)33-21-6-10-37-11-7-21;/h12-16,21,26,33H,3-11,17,30H2,1-2H3,(H,32,36);/p+1/b19-14+,31-15?;. The van der Waals surface area contributed by atoms with Gasteiger partial charge in [0.05, 0.1) is 0 Å². The molecular weight excluding hydrogens is 593 g/mol. The van der Waals surface area contributed by atoms with Crippen LogP contribution in [0.2, 0.25) is 0 Å². The minimum absolute atomic E-state index is 0.0168. The maximum atomic E-state index is 14.3. The number of carbonyl (C=O) groups excluding carboxylic acids is 1. The molecule has 0 bridgehead atoms. The molecule has 3 aliphatic heterocycles. The van der Waals surface area contributed by atoms with Crippen LogP contribution in [-0.2, 0) is 11.2 Å². The molecule has 1 aromatic carbocycles. The van der Waals surface area contributed by atoms with Crippen LogP contribution in [0.3, 0.4) is 0 Å². The van der Waals surface area contributed by atoms with E-state index in [0.717, 1.165) is 87.5 Å². The van der Waals surface area contributed by atoms with E-state index in [0.29, 0.717) is 30.3 Å². The molecule has 0 saturated carbocycles. The molecule has 3 heterocycles. The van der Waals surface area contributed by atoms with Crippen LogP contribution in [-0.4, -0.2) is 98.3 Å². The molecular formula is C27H38F2InN6O2+. The zero-order chi connectivity index (χ0) is 27.2. The number of anilines is 1. The van der Waals surface area contributed by atoms with E-state index in [2.05, 4.69) is 20.5 Å². The van der Waals surface area contributed by atoms with Gasteiger partial charge in [0.1, 0.15) is 0 Å². The number of halogens is 2. The van der Waals surface area contributed by atoms with Crippen molar-refractivity contribution in [1.82, 2.24) is 15.5 Å². The quantitative estimate of drug-likeness (QED) is 0.338.